The quantitative estimate of drug-likeness (QED) is 0.343. The number of aryl methyl sites for hydroxylation is 1. The first-order valence-electron chi connectivity index (χ1n) is 10.2. The molecule has 0 unspecified atom stereocenters. The maximum Gasteiger partial charge on any atom is 0.255 e. The number of carbonyl (C=O) groups is 1. The predicted octanol–water partition coefficient (Wildman–Crippen LogP) is 3.70. The summed E-state index contributed by atoms with van der Waals surface area (Å²) in [5.74, 6) is -0.395. The van der Waals surface area contributed by atoms with Crippen LogP contribution in [0.25, 0.3) is 0 Å². The minimum atomic E-state index is -3.98. The van der Waals surface area contributed by atoms with Crippen molar-refractivity contribution in [2.24, 2.45) is 5.10 Å². The monoisotopic (exact) mass is 501 g/mol. The zero-order valence-corrected chi connectivity index (χ0v) is 20.2. The molecule has 0 aliphatic heterocycles. The van der Waals surface area contributed by atoms with Crippen LogP contribution >= 0.6 is 11.6 Å². The smallest absolute Gasteiger partial charge is 0.255 e. The number of benzene rings is 3. The van der Waals surface area contributed by atoms with E-state index in [1.54, 1.807) is 42.5 Å². The molecule has 0 radical (unpaired) electrons. The highest BCUT2D eigenvalue weighted by Crippen LogP contribution is 2.25. The van der Waals surface area contributed by atoms with Gasteiger partial charge in [-0.1, -0.05) is 41.4 Å². The number of amides is 1. The van der Waals surface area contributed by atoms with Crippen molar-refractivity contribution in [3.05, 3.63) is 88.4 Å². The summed E-state index contributed by atoms with van der Waals surface area (Å²) in [6.07, 6.45) is 1.36. The second kappa shape index (κ2) is 11.1. The Labute approximate surface area is 203 Å². The summed E-state index contributed by atoms with van der Waals surface area (Å²) in [6, 6.07) is 17.7. The van der Waals surface area contributed by atoms with E-state index in [-0.39, 0.29) is 22.9 Å². The van der Waals surface area contributed by atoms with Crippen LogP contribution in [-0.4, -0.2) is 43.6 Å². The number of hydrogen-bond acceptors (Lipinski definition) is 6. The molecule has 8 nitrogen and oxygen atoms in total. The molecule has 0 aliphatic carbocycles. The number of sulfonamides is 1. The van der Waals surface area contributed by atoms with Gasteiger partial charge in [-0.25, -0.2) is 13.8 Å². The molecule has 178 valence electrons. The van der Waals surface area contributed by atoms with Crippen LogP contribution in [0.4, 0.5) is 0 Å². The van der Waals surface area contributed by atoms with E-state index in [1.807, 2.05) is 6.92 Å². The van der Waals surface area contributed by atoms with Gasteiger partial charge in [-0.3, -0.25) is 4.79 Å². The van der Waals surface area contributed by atoms with Crippen LogP contribution in [-0.2, 0) is 21.4 Å². The lowest BCUT2D eigenvalue weighted by atomic mass is 10.2. The Morgan fingerprint density at radius 1 is 1.15 bits per heavy atom. The van der Waals surface area contributed by atoms with Gasteiger partial charge in [0.1, 0.15) is 0 Å². The number of hydrogen-bond donors (Lipinski definition) is 2. The molecule has 2 N–H and O–H groups in total. The molecule has 0 spiro atoms. The highest BCUT2D eigenvalue weighted by Gasteiger charge is 2.27. The number of halogens is 1. The summed E-state index contributed by atoms with van der Waals surface area (Å²) in [5.41, 5.74) is 4.46. The molecule has 34 heavy (non-hydrogen) atoms. The summed E-state index contributed by atoms with van der Waals surface area (Å²) in [6.45, 7) is 1.34. The summed E-state index contributed by atoms with van der Waals surface area (Å²) < 4.78 is 32.7. The minimum Gasteiger partial charge on any atom is -0.504 e. The van der Waals surface area contributed by atoms with Gasteiger partial charge >= 0.3 is 0 Å². The topological polar surface area (TPSA) is 108 Å². The Bertz CT molecular complexity index is 1290. The fourth-order valence-corrected chi connectivity index (χ4v) is 4.67. The third kappa shape index (κ3) is 6.57. The second-order valence-electron chi connectivity index (χ2n) is 7.44. The van der Waals surface area contributed by atoms with Crippen LogP contribution in [0.3, 0.4) is 0 Å². The predicted molar refractivity (Wildman–Crippen MR) is 131 cm³/mol. The zero-order valence-electron chi connectivity index (χ0n) is 18.6. The number of hydrazone groups is 1. The summed E-state index contributed by atoms with van der Waals surface area (Å²) in [5, 5.41) is 14.0. The number of nitrogens with one attached hydrogen (secondary N) is 1. The van der Waals surface area contributed by atoms with E-state index in [9.17, 15) is 18.3 Å². The number of aromatic hydroxyl groups is 1. The Kier molecular flexibility index (Phi) is 8.27. The highest BCUT2D eigenvalue weighted by molar-refractivity contribution is 7.89. The van der Waals surface area contributed by atoms with Crippen molar-refractivity contribution >= 4 is 33.7 Å². The third-order valence-electron chi connectivity index (χ3n) is 4.83. The van der Waals surface area contributed by atoms with E-state index >= 15 is 0 Å². The van der Waals surface area contributed by atoms with E-state index in [0.717, 1.165) is 9.87 Å². The van der Waals surface area contributed by atoms with Gasteiger partial charge in [-0.05, 0) is 60.5 Å². The number of phenolic OH excluding ortho intramolecular Hbond substituents is 1. The van der Waals surface area contributed by atoms with E-state index in [4.69, 9.17) is 16.3 Å². The van der Waals surface area contributed by atoms with Crippen LogP contribution in [0.5, 0.6) is 11.5 Å². The van der Waals surface area contributed by atoms with Crippen molar-refractivity contribution in [2.75, 3.05) is 13.7 Å². The van der Waals surface area contributed by atoms with Gasteiger partial charge in [0.2, 0.25) is 10.0 Å². The molecule has 10 heteroatoms. The molecule has 0 fully saturated rings. The molecule has 0 atom stereocenters. The van der Waals surface area contributed by atoms with Crippen molar-refractivity contribution in [1.82, 2.24) is 9.73 Å². The Morgan fingerprint density at radius 2 is 1.88 bits per heavy atom. The SMILES string of the molecule is COc1cc(/C=N\NC(=O)CN(Cc2cccc(Cl)c2)S(=O)(=O)c2ccc(C)cc2)ccc1O. The summed E-state index contributed by atoms with van der Waals surface area (Å²) >= 11 is 6.05. The molecular formula is C24H24ClN3O5S. The molecule has 0 aliphatic rings. The number of rotatable bonds is 9. The Balaban J connectivity index is 1.79. The molecule has 3 aromatic rings. The van der Waals surface area contributed by atoms with E-state index in [0.29, 0.717) is 16.1 Å². The van der Waals surface area contributed by atoms with E-state index in [1.165, 1.54) is 37.6 Å². The molecule has 3 aromatic carbocycles. The number of carbonyl (C=O) groups excluding carboxylic acids is 1. The maximum atomic E-state index is 13.3. The van der Waals surface area contributed by atoms with Gasteiger partial charge in [-0.15, -0.1) is 0 Å². The largest absolute Gasteiger partial charge is 0.504 e. The van der Waals surface area contributed by atoms with E-state index in [2.05, 4.69) is 10.5 Å². The molecule has 0 bridgehead atoms. The highest BCUT2D eigenvalue weighted by atomic mass is 35.5. The first kappa shape index (κ1) is 25.2. The molecular weight excluding hydrogens is 478 g/mol. The molecule has 3 rings (SSSR count). The number of methoxy groups -OCH3 is 1. The normalized spacial score (nSPS) is 11.6. The lowest BCUT2D eigenvalue weighted by Gasteiger charge is -2.21. The Hall–Kier alpha value is -3.40. The van der Waals surface area contributed by atoms with Gasteiger partial charge in [0.05, 0.1) is 24.8 Å². The van der Waals surface area contributed by atoms with Crippen LogP contribution in [0.1, 0.15) is 16.7 Å². The summed E-state index contributed by atoms with van der Waals surface area (Å²) in [4.78, 5) is 12.7. The molecule has 1 amide bonds. The van der Waals surface area contributed by atoms with Gasteiger partial charge in [0, 0.05) is 11.6 Å². The Morgan fingerprint density at radius 3 is 2.56 bits per heavy atom. The van der Waals surface area contributed by atoms with Crippen molar-refractivity contribution in [2.45, 2.75) is 18.4 Å². The fourth-order valence-electron chi connectivity index (χ4n) is 3.07. The number of ether oxygens (including phenoxy) is 1. The third-order valence-corrected chi connectivity index (χ3v) is 6.87. The molecule has 0 saturated heterocycles. The van der Waals surface area contributed by atoms with Crippen molar-refractivity contribution in [1.29, 1.82) is 0 Å². The van der Waals surface area contributed by atoms with Crippen molar-refractivity contribution in [3.8, 4) is 11.5 Å². The molecule has 0 saturated carbocycles. The standard InChI is InChI=1S/C24H24ClN3O5S/c1-17-6-9-21(10-7-17)34(31,32)28(15-19-4-3-5-20(25)12-19)16-24(30)27-26-14-18-8-11-22(29)23(13-18)33-2/h3-14,29H,15-16H2,1-2H3,(H,27,30)/b26-14-. The second-order valence-corrected chi connectivity index (χ2v) is 9.81. The molecule has 0 aromatic heterocycles. The van der Waals surface area contributed by atoms with E-state index < -0.39 is 22.5 Å². The minimum absolute atomic E-state index is 0.0262. The summed E-state index contributed by atoms with van der Waals surface area (Å²) in [7, 11) is -2.56. The van der Waals surface area contributed by atoms with Gasteiger partial charge in [0.25, 0.3) is 5.91 Å². The van der Waals surface area contributed by atoms with Gasteiger partial charge in [0.15, 0.2) is 11.5 Å². The van der Waals surface area contributed by atoms with Gasteiger partial charge in [-0.2, -0.15) is 9.41 Å². The average Bonchev–Trinajstić information content (AvgIpc) is 2.80. The number of nitrogens with zero attached hydrogens (tertiary/aromatic N) is 2. The van der Waals surface area contributed by atoms with Crippen molar-refractivity contribution < 1.29 is 23.1 Å². The first-order valence-corrected chi connectivity index (χ1v) is 12.0. The zero-order chi connectivity index (χ0) is 24.7. The average molecular weight is 502 g/mol. The van der Waals surface area contributed by atoms with Gasteiger partial charge < -0.3 is 9.84 Å². The van der Waals surface area contributed by atoms with Crippen LogP contribution < -0.4 is 10.2 Å². The van der Waals surface area contributed by atoms with Crippen LogP contribution in [0.2, 0.25) is 5.02 Å². The lowest BCUT2D eigenvalue weighted by Crippen LogP contribution is -2.39. The van der Waals surface area contributed by atoms with Crippen LogP contribution in [0, 0.1) is 6.92 Å². The number of phenols is 1. The fraction of sp³-hybridized carbons (Fsp3) is 0.167. The maximum absolute atomic E-state index is 13.3. The molecule has 0 heterocycles. The lowest BCUT2D eigenvalue weighted by molar-refractivity contribution is -0.121. The van der Waals surface area contributed by atoms with Crippen LogP contribution in [0.15, 0.2) is 76.7 Å². The first-order chi connectivity index (χ1) is 16.2. The van der Waals surface area contributed by atoms with Crippen molar-refractivity contribution in [3.63, 3.8) is 0 Å².